The number of sulfonamides is 1. The van der Waals surface area contributed by atoms with Crippen LogP contribution in [0.2, 0.25) is 0 Å². The first-order valence-electron chi connectivity index (χ1n) is 4.28. The molecule has 0 N–H and O–H groups in total. The van der Waals surface area contributed by atoms with E-state index in [9.17, 15) is 13.2 Å². The summed E-state index contributed by atoms with van der Waals surface area (Å²) in [6.45, 7) is 1.36. The Labute approximate surface area is 79.0 Å². The van der Waals surface area contributed by atoms with Gasteiger partial charge >= 0.3 is 0 Å². The van der Waals surface area contributed by atoms with Crippen LogP contribution in [0.4, 0.5) is 0 Å². The summed E-state index contributed by atoms with van der Waals surface area (Å²) in [4.78, 5) is 11.3. The molecular weight excluding hydrogens is 190 g/mol. The molecule has 0 amide bonds. The molecule has 1 aliphatic carbocycles. The normalized spacial score (nSPS) is 21.2. The van der Waals surface area contributed by atoms with Crippen LogP contribution in [0.15, 0.2) is 0 Å². The first-order valence-corrected chi connectivity index (χ1v) is 5.72. The van der Waals surface area contributed by atoms with Crippen LogP contribution >= 0.6 is 0 Å². The standard InChI is InChI=1S/C8H15NO3S/c1-7(10)8(5-4-6-8)13(11,12)9(2)3/h4-6H2,1-3H3. The lowest BCUT2D eigenvalue weighted by molar-refractivity contribution is -0.121. The van der Waals surface area contributed by atoms with Gasteiger partial charge in [0.05, 0.1) is 0 Å². The van der Waals surface area contributed by atoms with Crippen molar-refractivity contribution in [3.8, 4) is 0 Å². The molecule has 0 aliphatic heterocycles. The lowest BCUT2D eigenvalue weighted by atomic mass is 9.81. The summed E-state index contributed by atoms with van der Waals surface area (Å²) in [7, 11) is -0.476. The van der Waals surface area contributed by atoms with E-state index in [-0.39, 0.29) is 5.78 Å². The number of carbonyl (C=O) groups excluding carboxylic acids is 1. The van der Waals surface area contributed by atoms with Crippen LogP contribution in [-0.2, 0) is 14.8 Å². The zero-order valence-electron chi connectivity index (χ0n) is 8.20. The highest BCUT2D eigenvalue weighted by atomic mass is 32.2. The van der Waals surface area contributed by atoms with Gasteiger partial charge in [-0.3, -0.25) is 4.79 Å². The average molecular weight is 205 g/mol. The Hall–Kier alpha value is -0.420. The van der Waals surface area contributed by atoms with E-state index in [0.29, 0.717) is 12.8 Å². The van der Waals surface area contributed by atoms with Crippen LogP contribution < -0.4 is 0 Å². The predicted octanol–water partition coefficient (Wildman–Crippen LogP) is 0.389. The third kappa shape index (κ3) is 1.30. The van der Waals surface area contributed by atoms with Crippen molar-refractivity contribution in [2.75, 3.05) is 14.1 Å². The molecule has 1 fully saturated rings. The van der Waals surface area contributed by atoms with Crippen LogP contribution in [0.5, 0.6) is 0 Å². The lowest BCUT2D eigenvalue weighted by Gasteiger charge is -2.40. The number of hydrogen-bond acceptors (Lipinski definition) is 3. The first-order chi connectivity index (χ1) is 5.84. The Kier molecular flexibility index (Phi) is 2.51. The minimum absolute atomic E-state index is 0.229. The maximum atomic E-state index is 11.8. The van der Waals surface area contributed by atoms with E-state index in [1.165, 1.54) is 21.0 Å². The lowest BCUT2D eigenvalue weighted by Crippen LogP contribution is -2.55. The second-order valence-corrected chi connectivity index (χ2v) is 6.15. The van der Waals surface area contributed by atoms with Gasteiger partial charge < -0.3 is 0 Å². The van der Waals surface area contributed by atoms with E-state index in [2.05, 4.69) is 0 Å². The van der Waals surface area contributed by atoms with Crippen LogP contribution in [0, 0.1) is 0 Å². The SMILES string of the molecule is CC(=O)C1(S(=O)(=O)N(C)C)CCC1. The third-order valence-electron chi connectivity index (χ3n) is 2.78. The summed E-state index contributed by atoms with van der Waals surface area (Å²) in [6.07, 6.45) is 1.78. The first kappa shape index (κ1) is 10.7. The molecule has 1 aliphatic rings. The quantitative estimate of drug-likeness (QED) is 0.669. The number of nitrogens with zero attached hydrogens (tertiary/aromatic N) is 1. The maximum absolute atomic E-state index is 11.8. The van der Waals surface area contributed by atoms with E-state index in [4.69, 9.17) is 0 Å². The van der Waals surface area contributed by atoms with E-state index in [0.717, 1.165) is 10.7 Å². The summed E-state index contributed by atoms with van der Waals surface area (Å²) in [6, 6.07) is 0. The molecule has 0 aromatic carbocycles. The largest absolute Gasteiger partial charge is 0.298 e. The zero-order chi connectivity index (χ0) is 10.3. The second-order valence-electron chi connectivity index (χ2n) is 3.69. The van der Waals surface area contributed by atoms with Crippen molar-refractivity contribution in [1.29, 1.82) is 0 Å². The van der Waals surface area contributed by atoms with E-state index < -0.39 is 14.8 Å². The fourth-order valence-corrected chi connectivity index (χ4v) is 3.51. The highest BCUT2D eigenvalue weighted by Gasteiger charge is 2.53. The molecule has 0 aromatic heterocycles. The molecule has 0 atom stereocenters. The molecule has 0 spiro atoms. The zero-order valence-corrected chi connectivity index (χ0v) is 9.02. The van der Waals surface area contributed by atoms with Gasteiger partial charge in [-0.25, -0.2) is 12.7 Å². The van der Waals surface area contributed by atoms with Crippen molar-refractivity contribution < 1.29 is 13.2 Å². The van der Waals surface area contributed by atoms with Gasteiger partial charge in [-0.2, -0.15) is 0 Å². The van der Waals surface area contributed by atoms with Gasteiger partial charge in [0, 0.05) is 14.1 Å². The van der Waals surface area contributed by atoms with Gasteiger partial charge in [-0.1, -0.05) is 0 Å². The smallest absolute Gasteiger partial charge is 0.226 e. The molecule has 0 aromatic rings. The third-order valence-corrected chi connectivity index (χ3v) is 5.42. The van der Waals surface area contributed by atoms with Crippen LogP contribution in [0.25, 0.3) is 0 Å². The minimum Gasteiger partial charge on any atom is -0.298 e. The molecule has 1 rings (SSSR count). The fourth-order valence-electron chi connectivity index (χ4n) is 1.64. The highest BCUT2D eigenvalue weighted by molar-refractivity contribution is 7.91. The number of hydrogen-bond donors (Lipinski definition) is 0. The Bertz CT molecular complexity index is 314. The van der Waals surface area contributed by atoms with E-state index in [1.807, 2.05) is 0 Å². The number of carbonyl (C=O) groups is 1. The molecule has 0 heterocycles. The highest BCUT2D eigenvalue weighted by Crippen LogP contribution is 2.41. The molecule has 76 valence electrons. The van der Waals surface area contributed by atoms with Crippen molar-refractivity contribution in [2.45, 2.75) is 30.9 Å². The second kappa shape index (κ2) is 3.06. The van der Waals surface area contributed by atoms with Gasteiger partial charge in [0.2, 0.25) is 10.0 Å². The van der Waals surface area contributed by atoms with Crippen molar-refractivity contribution in [3.63, 3.8) is 0 Å². The molecule has 0 saturated heterocycles. The molecule has 0 bridgehead atoms. The molecule has 0 radical (unpaired) electrons. The topological polar surface area (TPSA) is 54.5 Å². The Morgan fingerprint density at radius 1 is 1.31 bits per heavy atom. The van der Waals surface area contributed by atoms with Gasteiger partial charge in [0.25, 0.3) is 0 Å². The molecular formula is C8H15NO3S. The Balaban J connectivity index is 3.10. The molecule has 1 saturated carbocycles. The minimum atomic E-state index is -3.42. The van der Waals surface area contributed by atoms with Crippen LogP contribution in [0.3, 0.4) is 0 Å². The maximum Gasteiger partial charge on any atom is 0.226 e. The van der Waals surface area contributed by atoms with Crippen molar-refractivity contribution in [1.82, 2.24) is 4.31 Å². The van der Waals surface area contributed by atoms with E-state index in [1.54, 1.807) is 0 Å². The summed E-state index contributed by atoms with van der Waals surface area (Å²) in [5.41, 5.74) is 0. The average Bonchev–Trinajstić information content (AvgIpc) is 1.81. The monoisotopic (exact) mass is 205 g/mol. The van der Waals surface area contributed by atoms with Gasteiger partial charge in [0.1, 0.15) is 4.75 Å². The Morgan fingerprint density at radius 2 is 1.77 bits per heavy atom. The molecule has 5 heteroatoms. The van der Waals surface area contributed by atoms with Gasteiger partial charge in [-0.05, 0) is 26.2 Å². The fraction of sp³-hybridized carbons (Fsp3) is 0.875. The van der Waals surface area contributed by atoms with Crippen molar-refractivity contribution in [2.24, 2.45) is 0 Å². The summed E-state index contributed by atoms with van der Waals surface area (Å²) in [5, 5.41) is 0. The number of Topliss-reactive ketones (excluding diaryl/α,β-unsaturated/α-hetero) is 1. The molecule has 0 unspecified atom stereocenters. The van der Waals surface area contributed by atoms with Gasteiger partial charge in [-0.15, -0.1) is 0 Å². The summed E-state index contributed by atoms with van der Waals surface area (Å²) < 4.78 is 23.6. The molecule has 4 nitrogen and oxygen atoms in total. The van der Waals surface area contributed by atoms with Crippen molar-refractivity contribution >= 4 is 15.8 Å². The predicted molar refractivity (Wildman–Crippen MR) is 49.9 cm³/mol. The van der Waals surface area contributed by atoms with Crippen LogP contribution in [-0.4, -0.2) is 37.3 Å². The van der Waals surface area contributed by atoms with Crippen LogP contribution in [0.1, 0.15) is 26.2 Å². The van der Waals surface area contributed by atoms with Gasteiger partial charge in [0.15, 0.2) is 5.78 Å². The van der Waals surface area contributed by atoms with Crippen molar-refractivity contribution in [3.05, 3.63) is 0 Å². The Morgan fingerprint density at radius 3 is 1.85 bits per heavy atom. The number of ketones is 1. The summed E-state index contributed by atoms with van der Waals surface area (Å²) >= 11 is 0. The van der Waals surface area contributed by atoms with E-state index >= 15 is 0 Å². The number of rotatable bonds is 3. The summed E-state index contributed by atoms with van der Waals surface area (Å²) in [5.74, 6) is -0.229. The molecule has 13 heavy (non-hydrogen) atoms.